The molecule has 1 rings (SSSR count). The summed E-state index contributed by atoms with van der Waals surface area (Å²) in [4.78, 5) is 10.8. The van der Waals surface area contributed by atoms with Crippen LogP contribution >= 0.6 is 0 Å². The van der Waals surface area contributed by atoms with E-state index in [2.05, 4.69) is 9.71 Å². The molecule has 2 N–H and O–H groups in total. The number of rotatable bonds is 4. The van der Waals surface area contributed by atoms with Gasteiger partial charge < -0.3 is 15.0 Å². The van der Waals surface area contributed by atoms with Crippen molar-refractivity contribution in [3.63, 3.8) is 0 Å². The van der Waals surface area contributed by atoms with E-state index in [9.17, 15) is 13.7 Å². The highest BCUT2D eigenvalue weighted by atomic mass is 32.2. The van der Waals surface area contributed by atoms with Crippen LogP contribution in [0.3, 0.4) is 0 Å². The number of carbonyl (C=O) groups is 1. The lowest BCUT2D eigenvalue weighted by molar-refractivity contribution is 0.193. The maximum atomic E-state index is 13.9. The molecular weight excluding hydrogens is 295 g/mol. The van der Waals surface area contributed by atoms with Crippen LogP contribution < -0.4 is 5.32 Å². The van der Waals surface area contributed by atoms with Crippen molar-refractivity contribution in [3.05, 3.63) is 35.6 Å². The van der Waals surface area contributed by atoms with Crippen molar-refractivity contribution in [2.24, 2.45) is 4.40 Å². The van der Waals surface area contributed by atoms with E-state index in [-0.39, 0.29) is 11.3 Å². The molecule has 0 radical (unpaired) electrons. The number of nitrogens with one attached hydrogen (secondary N) is 1. The SMILES string of the molecule is C[C@H](NC(=O)O)/C(=N\[S+]([O-])C(C)(C)C)c1ccccc1F. The van der Waals surface area contributed by atoms with E-state index in [0.29, 0.717) is 0 Å². The minimum absolute atomic E-state index is 0.115. The zero-order valence-corrected chi connectivity index (χ0v) is 13.2. The Hall–Kier alpha value is -1.60. The van der Waals surface area contributed by atoms with Gasteiger partial charge in [-0.25, -0.2) is 9.18 Å². The Morgan fingerprint density at radius 3 is 2.48 bits per heavy atom. The molecule has 0 aliphatic heterocycles. The molecule has 0 aliphatic rings. The summed E-state index contributed by atoms with van der Waals surface area (Å²) in [6.45, 7) is 6.74. The molecule has 1 aromatic carbocycles. The number of hydrogen-bond donors (Lipinski definition) is 2. The Morgan fingerprint density at radius 1 is 1.43 bits per heavy atom. The predicted molar refractivity (Wildman–Crippen MR) is 81.5 cm³/mol. The van der Waals surface area contributed by atoms with Gasteiger partial charge in [-0.3, -0.25) is 0 Å². The zero-order chi connectivity index (χ0) is 16.2. The summed E-state index contributed by atoms with van der Waals surface area (Å²) in [7, 11) is 0. The minimum Gasteiger partial charge on any atom is -0.591 e. The van der Waals surface area contributed by atoms with E-state index in [1.807, 2.05) is 0 Å². The fraction of sp³-hybridized carbons (Fsp3) is 0.429. The van der Waals surface area contributed by atoms with Crippen LogP contribution in [-0.4, -0.2) is 32.3 Å². The average Bonchev–Trinajstić information content (AvgIpc) is 2.34. The second kappa shape index (κ2) is 6.91. The number of halogens is 1. The summed E-state index contributed by atoms with van der Waals surface area (Å²) in [6, 6.07) is 5.08. The van der Waals surface area contributed by atoms with Crippen molar-refractivity contribution in [2.45, 2.75) is 38.5 Å². The fourth-order valence-electron chi connectivity index (χ4n) is 1.51. The first kappa shape index (κ1) is 17.5. The van der Waals surface area contributed by atoms with E-state index in [0.717, 1.165) is 0 Å². The molecular formula is C14H19FN2O3S. The van der Waals surface area contributed by atoms with Gasteiger partial charge >= 0.3 is 6.09 Å². The van der Waals surface area contributed by atoms with Crippen LogP contribution in [0.4, 0.5) is 9.18 Å². The highest BCUT2D eigenvalue weighted by Crippen LogP contribution is 2.20. The van der Waals surface area contributed by atoms with Crippen LogP contribution in [0.1, 0.15) is 33.3 Å². The van der Waals surface area contributed by atoms with Crippen LogP contribution in [-0.2, 0) is 11.4 Å². The molecule has 0 heterocycles. The Labute approximate surface area is 126 Å². The summed E-state index contributed by atoms with van der Waals surface area (Å²) >= 11 is -1.62. The Morgan fingerprint density at radius 2 is 2.00 bits per heavy atom. The van der Waals surface area contributed by atoms with E-state index < -0.39 is 34.1 Å². The van der Waals surface area contributed by atoms with Crippen molar-refractivity contribution in [1.29, 1.82) is 0 Å². The molecule has 0 aromatic heterocycles. The van der Waals surface area contributed by atoms with Gasteiger partial charge in [0.15, 0.2) is 0 Å². The van der Waals surface area contributed by atoms with Crippen molar-refractivity contribution in [3.8, 4) is 0 Å². The van der Waals surface area contributed by atoms with E-state index in [1.54, 1.807) is 26.8 Å². The molecule has 2 atom stereocenters. The summed E-state index contributed by atoms with van der Waals surface area (Å²) in [5.74, 6) is -0.541. The highest BCUT2D eigenvalue weighted by molar-refractivity contribution is 7.91. The summed E-state index contributed by atoms with van der Waals surface area (Å²) < 4.78 is 29.5. The van der Waals surface area contributed by atoms with Crippen molar-refractivity contribution in [1.82, 2.24) is 5.32 Å². The van der Waals surface area contributed by atoms with Crippen molar-refractivity contribution in [2.75, 3.05) is 0 Å². The Balaban J connectivity index is 3.27. The summed E-state index contributed by atoms with van der Waals surface area (Å²) in [5.41, 5.74) is 0.250. The summed E-state index contributed by atoms with van der Waals surface area (Å²) in [6.07, 6.45) is -1.26. The van der Waals surface area contributed by atoms with E-state index in [1.165, 1.54) is 25.1 Å². The molecule has 0 bridgehead atoms. The van der Waals surface area contributed by atoms with Gasteiger partial charge in [-0.2, -0.15) is 0 Å². The topological polar surface area (TPSA) is 84.8 Å². The van der Waals surface area contributed by atoms with Crippen molar-refractivity contribution >= 4 is 23.2 Å². The quantitative estimate of drug-likeness (QED) is 0.662. The van der Waals surface area contributed by atoms with Gasteiger partial charge in [-0.15, -0.1) is 0 Å². The molecule has 0 fully saturated rings. The zero-order valence-electron chi connectivity index (χ0n) is 12.4. The lowest BCUT2D eigenvalue weighted by Crippen LogP contribution is -2.40. The predicted octanol–water partition coefficient (Wildman–Crippen LogP) is 2.73. The van der Waals surface area contributed by atoms with E-state index in [4.69, 9.17) is 5.11 Å². The smallest absolute Gasteiger partial charge is 0.405 e. The molecule has 0 spiro atoms. The Bertz CT molecular complexity index is 543. The maximum Gasteiger partial charge on any atom is 0.405 e. The first-order valence-corrected chi connectivity index (χ1v) is 7.48. The van der Waals surface area contributed by atoms with Gasteiger partial charge in [0.05, 0.1) is 6.04 Å². The Kier molecular flexibility index (Phi) is 5.74. The second-order valence-electron chi connectivity index (χ2n) is 5.49. The third-order valence-corrected chi connectivity index (χ3v) is 4.02. The van der Waals surface area contributed by atoms with Crippen LogP contribution in [0.25, 0.3) is 0 Å². The number of hydrogen-bond acceptors (Lipinski definition) is 3. The van der Waals surface area contributed by atoms with Gasteiger partial charge in [0.1, 0.15) is 27.6 Å². The molecule has 0 aliphatic carbocycles. The van der Waals surface area contributed by atoms with Gasteiger partial charge in [0.25, 0.3) is 0 Å². The monoisotopic (exact) mass is 314 g/mol. The third-order valence-electron chi connectivity index (χ3n) is 2.61. The lowest BCUT2D eigenvalue weighted by atomic mass is 10.0. The second-order valence-corrected chi connectivity index (χ2v) is 7.39. The first-order chi connectivity index (χ1) is 9.62. The molecule has 7 heteroatoms. The van der Waals surface area contributed by atoms with Crippen LogP contribution in [0.5, 0.6) is 0 Å². The van der Waals surface area contributed by atoms with E-state index >= 15 is 0 Å². The fourth-order valence-corrected chi connectivity index (χ4v) is 2.22. The largest absolute Gasteiger partial charge is 0.591 e. The van der Waals surface area contributed by atoms with Crippen LogP contribution in [0.15, 0.2) is 28.7 Å². The molecule has 116 valence electrons. The normalized spacial score (nSPS) is 15.4. The van der Waals surface area contributed by atoms with Gasteiger partial charge in [0.2, 0.25) is 0 Å². The van der Waals surface area contributed by atoms with Gasteiger partial charge in [-0.05, 0) is 39.8 Å². The summed E-state index contributed by atoms with van der Waals surface area (Å²) in [5, 5.41) is 11.0. The molecule has 1 amide bonds. The standard InChI is InChI=1S/C14H19FN2O3S/c1-9(16-13(18)19)12(17-21(20)14(2,3)4)10-7-5-6-8-11(10)15/h5-9,16H,1-4H3,(H,18,19)/b17-12+/t9-,21?/m0/s1. The molecule has 5 nitrogen and oxygen atoms in total. The molecule has 0 saturated carbocycles. The van der Waals surface area contributed by atoms with Gasteiger partial charge in [0, 0.05) is 5.56 Å². The van der Waals surface area contributed by atoms with Crippen molar-refractivity contribution < 1.29 is 18.8 Å². The van der Waals surface area contributed by atoms with Crippen LogP contribution in [0.2, 0.25) is 0 Å². The molecule has 21 heavy (non-hydrogen) atoms. The first-order valence-electron chi connectivity index (χ1n) is 6.38. The number of carboxylic acid groups (broad SMARTS) is 1. The number of nitrogens with zero attached hydrogens (tertiary/aromatic N) is 1. The molecule has 1 unspecified atom stereocenters. The number of benzene rings is 1. The average molecular weight is 314 g/mol. The molecule has 0 saturated heterocycles. The van der Waals surface area contributed by atoms with Gasteiger partial charge in [-0.1, -0.05) is 16.5 Å². The highest BCUT2D eigenvalue weighted by Gasteiger charge is 2.29. The maximum absolute atomic E-state index is 13.9. The minimum atomic E-state index is -1.62. The van der Waals surface area contributed by atoms with Crippen LogP contribution in [0, 0.1) is 5.82 Å². The molecule has 1 aromatic rings. The third kappa shape index (κ3) is 5.02. The lowest BCUT2D eigenvalue weighted by Gasteiger charge is -2.21. The number of amides is 1.